The van der Waals surface area contributed by atoms with Crippen LogP contribution in [0.15, 0.2) is 23.8 Å². The van der Waals surface area contributed by atoms with E-state index in [2.05, 4.69) is 31.4 Å². The van der Waals surface area contributed by atoms with Crippen molar-refractivity contribution in [1.82, 2.24) is 24.6 Å². The number of hydrogen-bond donors (Lipinski definition) is 0. The Balaban J connectivity index is 1.36. The predicted octanol–water partition coefficient (Wildman–Crippen LogP) is 2.72. The highest BCUT2D eigenvalue weighted by Crippen LogP contribution is 2.30. The van der Waals surface area contributed by atoms with Crippen LogP contribution in [0.25, 0.3) is 10.2 Å². The highest BCUT2D eigenvalue weighted by molar-refractivity contribution is 7.16. The standard InChI is InChI=1S/C19H24N6OS/c1-13-10-16(22-24(13)3)19(26)23(2)11-14-4-7-25(8-5-14)17-15-6-9-27-18(15)21-12-20-17/h6,9-10,12,14H,4-5,7-8,11H2,1-3H3. The molecule has 3 aromatic heterocycles. The van der Waals surface area contributed by atoms with Crippen LogP contribution in [-0.4, -0.2) is 57.2 Å². The average Bonchev–Trinajstić information content (AvgIpc) is 3.28. The summed E-state index contributed by atoms with van der Waals surface area (Å²) < 4.78 is 1.74. The second-order valence-electron chi connectivity index (χ2n) is 7.25. The lowest BCUT2D eigenvalue weighted by molar-refractivity contribution is 0.0758. The number of aryl methyl sites for hydroxylation is 2. The second kappa shape index (κ2) is 7.26. The molecule has 142 valence electrons. The molecule has 8 heteroatoms. The number of carbonyl (C=O) groups is 1. The van der Waals surface area contributed by atoms with Crippen molar-refractivity contribution >= 4 is 33.3 Å². The van der Waals surface area contributed by atoms with Crippen molar-refractivity contribution in [3.05, 3.63) is 35.2 Å². The van der Waals surface area contributed by atoms with Gasteiger partial charge < -0.3 is 9.80 Å². The number of thiophene rings is 1. The van der Waals surface area contributed by atoms with Crippen molar-refractivity contribution in [2.45, 2.75) is 19.8 Å². The number of anilines is 1. The van der Waals surface area contributed by atoms with Crippen LogP contribution in [-0.2, 0) is 7.05 Å². The van der Waals surface area contributed by atoms with Crippen LogP contribution in [0, 0.1) is 12.8 Å². The second-order valence-corrected chi connectivity index (χ2v) is 8.14. The fourth-order valence-corrected chi connectivity index (χ4v) is 4.41. The monoisotopic (exact) mass is 384 g/mol. The summed E-state index contributed by atoms with van der Waals surface area (Å²) in [6, 6.07) is 3.95. The number of piperidine rings is 1. The largest absolute Gasteiger partial charge is 0.356 e. The van der Waals surface area contributed by atoms with Crippen molar-refractivity contribution in [2.24, 2.45) is 13.0 Å². The number of nitrogens with zero attached hydrogens (tertiary/aromatic N) is 6. The highest BCUT2D eigenvalue weighted by Gasteiger charge is 2.25. The van der Waals surface area contributed by atoms with E-state index in [0.717, 1.165) is 54.2 Å². The van der Waals surface area contributed by atoms with Crippen LogP contribution >= 0.6 is 11.3 Å². The van der Waals surface area contributed by atoms with Crippen molar-refractivity contribution < 1.29 is 4.79 Å². The van der Waals surface area contributed by atoms with Crippen LogP contribution in [0.3, 0.4) is 0 Å². The Kier molecular flexibility index (Phi) is 4.82. The SMILES string of the molecule is Cc1cc(C(=O)N(C)CC2CCN(c3ncnc4sccc34)CC2)nn1C. The zero-order valence-corrected chi connectivity index (χ0v) is 16.7. The number of hydrogen-bond acceptors (Lipinski definition) is 6. The molecular formula is C19H24N6OS. The predicted molar refractivity (Wildman–Crippen MR) is 107 cm³/mol. The van der Waals surface area contributed by atoms with Gasteiger partial charge in [0.25, 0.3) is 5.91 Å². The van der Waals surface area contributed by atoms with E-state index in [4.69, 9.17) is 0 Å². The maximum atomic E-state index is 12.6. The van der Waals surface area contributed by atoms with Crippen molar-refractivity contribution in [1.29, 1.82) is 0 Å². The Morgan fingerprint density at radius 1 is 1.33 bits per heavy atom. The van der Waals surface area contributed by atoms with E-state index in [1.807, 2.05) is 32.0 Å². The summed E-state index contributed by atoms with van der Waals surface area (Å²) in [5.74, 6) is 1.53. The molecule has 0 spiro atoms. The molecule has 0 radical (unpaired) electrons. The van der Waals surface area contributed by atoms with Gasteiger partial charge in [0.2, 0.25) is 0 Å². The molecule has 0 saturated carbocycles. The van der Waals surface area contributed by atoms with Gasteiger partial charge in [-0.1, -0.05) is 0 Å². The molecule has 1 aliphatic heterocycles. The summed E-state index contributed by atoms with van der Waals surface area (Å²) in [5.41, 5.74) is 1.51. The van der Waals surface area contributed by atoms with Crippen LogP contribution < -0.4 is 4.90 Å². The Labute approximate surface area is 162 Å². The topological polar surface area (TPSA) is 67.2 Å². The van der Waals surface area contributed by atoms with E-state index < -0.39 is 0 Å². The van der Waals surface area contributed by atoms with Gasteiger partial charge in [-0.15, -0.1) is 11.3 Å². The average molecular weight is 385 g/mol. The number of fused-ring (bicyclic) bond motifs is 1. The molecule has 4 heterocycles. The summed E-state index contributed by atoms with van der Waals surface area (Å²) >= 11 is 1.65. The van der Waals surface area contributed by atoms with Crippen LogP contribution in [0.1, 0.15) is 29.0 Å². The lowest BCUT2D eigenvalue weighted by atomic mass is 9.96. The van der Waals surface area contributed by atoms with Crippen molar-refractivity contribution in [3.63, 3.8) is 0 Å². The molecule has 0 bridgehead atoms. The molecular weight excluding hydrogens is 360 g/mol. The van der Waals surface area contributed by atoms with Crippen molar-refractivity contribution in [2.75, 3.05) is 31.6 Å². The van der Waals surface area contributed by atoms with E-state index in [9.17, 15) is 4.79 Å². The molecule has 0 aromatic carbocycles. The first-order valence-corrected chi connectivity index (χ1v) is 10.1. The smallest absolute Gasteiger partial charge is 0.274 e. The molecule has 1 saturated heterocycles. The van der Waals surface area contributed by atoms with E-state index in [1.54, 1.807) is 22.3 Å². The van der Waals surface area contributed by atoms with Crippen LogP contribution in [0.4, 0.5) is 5.82 Å². The van der Waals surface area contributed by atoms with E-state index in [0.29, 0.717) is 11.6 Å². The third-order valence-electron chi connectivity index (χ3n) is 5.37. The number of carbonyl (C=O) groups excluding carboxylic acids is 1. The molecule has 7 nitrogen and oxygen atoms in total. The first-order chi connectivity index (χ1) is 13.0. The van der Waals surface area contributed by atoms with Gasteiger partial charge in [0.1, 0.15) is 17.0 Å². The molecule has 1 aliphatic rings. The minimum absolute atomic E-state index is 0.00286. The fraction of sp³-hybridized carbons (Fsp3) is 0.474. The maximum absolute atomic E-state index is 12.6. The number of amides is 1. The molecule has 1 amide bonds. The van der Waals surface area contributed by atoms with Crippen molar-refractivity contribution in [3.8, 4) is 0 Å². The Hall–Kier alpha value is -2.48. The van der Waals surface area contributed by atoms with Gasteiger partial charge >= 0.3 is 0 Å². The summed E-state index contributed by atoms with van der Waals surface area (Å²) in [6.07, 6.45) is 3.75. The molecule has 27 heavy (non-hydrogen) atoms. The summed E-state index contributed by atoms with van der Waals surface area (Å²) in [7, 11) is 3.73. The highest BCUT2D eigenvalue weighted by atomic mass is 32.1. The quantitative estimate of drug-likeness (QED) is 0.692. The van der Waals surface area contributed by atoms with Crippen LogP contribution in [0.5, 0.6) is 0 Å². The first-order valence-electron chi connectivity index (χ1n) is 9.22. The Morgan fingerprint density at radius 2 is 2.11 bits per heavy atom. The normalized spacial score (nSPS) is 15.4. The lowest BCUT2D eigenvalue weighted by Gasteiger charge is -2.34. The maximum Gasteiger partial charge on any atom is 0.274 e. The van der Waals surface area contributed by atoms with E-state index in [-0.39, 0.29) is 5.91 Å². The molecule has 0 unspecified atom stereocenters. The summed E-state index contributed by atoms with van der Waals surface area (Å²) in [4.78, 5) is 26.7. The molecule has 4 rings (SSSR count). The Bertz CT molecular complexity index is 937. The van der Waals surface area contributed by atoms with Gasteiger partial charge in [-0.3, -0.25) is 9.48 Å². The number of aromatic nitrogens is 4. The van der Waals surface area contributed by atoms with Gasteiger partial charge in [-0.25, -0.2) is 9.97 Å². The van der Waals surface area contributed by atoms with Gasteiger partial charge in [-0.2, -0.15) is 5.10 Å². The minimum Gasteiger partial charge on any atom is -0.356 e. The molecule has 0 N–H and O–H groups in total. The fourth-order valence-electron chi connectivity index (χ4n) is 3.69. The molecule has 1 fully saturated rings. The molecule has 0 atom stereocenters. The lowest BCUT2D eigenvalue weighted by Crippen LogP contribution is -2.40. The third kappa shape index (κ3) is 3.53. The first kappa shape index (κ1) is 17.9. The van der Waals surface area contributed by atoms with Gasteiger partial charge in [0.15, 0.2) is 5.69 Å². The van der Waals surface area contributed by atoms with Gasteiger partial charge in [0, 0.05) is 39.4 Å². The third-order valence-corrected chi connectivity index (χ3v) is 6.19. The van der Waals surface area contributed by atoms with E-state index in [1.165, 1.54) is 0 Å². The Morgan fingerprint density at radius 3 is 2.81 bits per heavy atom. The molecule has 0 aliphatic carbocycles. The van der Waals surface area contributed by atoms with Gasteiger partial charge in [-0.05, 0) is 43.2 Å². The summed E-state index contributed by atoms with van der Waals surface area (Å²) in [6.45, 7) is 4.63. The number of rotatable bonds is 4. The zero-order valence-electron chi connectivity index (χ0n) is 15.9. The molecule has 3 aromatic rings. The van der Waals surface area contributed by atoms with Crippen LogP contribution in [0.2, 0.25) is 0 Å². The van der Waals surface area contributed by atoms with Gasteiger partial charge in [0.05, 0.1) is 5.39 Å². The van der Waals surface area contributed by atoms with E-state index >= 15 is 0 Å². The summed E-state index contributed by atoms with van der Waals surface area (Å²) in [5, 5.41) is 7.51. The zero-order chi connectivity index (χ0) is 19.0. The minimum atomic E-state index is -0.00286.